The third-order valence-corrected chi connectivity index (χ3v) is 9.53. The average molecular weight is 639 g/mol. The minimum Gasteiger partial charge on any atom is -0.352 e. The number of sulfonamides is 1. The molecule has 0 aromatic heterocycles. The lowest BCUT2D eigenvalue weighted by Crippen LogP contribution is -2.53. The molecule has 2 atom stereocenters. The van der Waals surface area contributed by atoms with E-state index in [2.05, 4.69) is 5.32 Å². The van der Waals surface area contributed by atoms with Gasteiger partial charge in [0, 0.05) is 33.2 Å². The lowest BCUT2D eigenvalue weighted by molar-refractivity contribution is -0.140. The Kier molecular flexibility index (Phi) is 11.5. The second-order valence-electron chi connectivity index (χ2n) is 9.76. The third-order valence-electron chi connectivity index (χ3n) is 6.78. The minimum absolute atomic E-state index is 0.0214. The van der Waals surface area contributed by atoms with E-state index in [9.17, 15) is 18.0 Å². The second-order valence-corrected chi connectivity index (χ2v) is 12.9. The monoisotopic (exact) mass is 637 g/mol. The number of aryl methyl sites for hydroxylation is 1. The van der Waals surface area contributed by atoms with Gasteiger partial charge in [-0.3, -0.25) is 13.9 Å². The molecule has 1 N–H and O–H groups in total. The predicted octanol–water partition coefficient (Wildman–Crippen LogP) is 6.87. The molecule has 41 heavy (non-hydrogen) atoms. The van der Waals surface area contributed by atoms with Crippen molar-refractivity contribution in [2.24, 2.45) is 0 Å². The van der Waals surface area contributed by atoms with Crippen LogP contribution in [0.5, 0.6) is 0 Å². The second kappa shape index (κ2) is 14.4. The van der Waals surface area contributed by atoms with Gasteiger partial charge in [0.15, 0.2) is 0 Å². The first-order valence-electron chi connectivity index (χ1n) is 13.3. The number of carbonyl (C=O) groups is 2. The molecule has 0 bridgehead atoms. The maximum Gasteiger partial charge on any atom is 0.264 e. The average Bonchev–Trinajstić information content (AvgIpc) is 2.93. The molecule has 0 spiro atoms. The summed E-state index contributed by atoms with van der Waals surface area (Å²) in [5.41, 5.74) is 1.59. The van der Waals surface area contributed by atoms with Crippen molar-refractivity contribution in [3.63, 3.8) is 0 Å². The topological polar surface area (TPSA) is 86.8 Å². The first-order valence-corrected chi connectivity index (χ1v) is 15.8. The highest BCUT2D eigenvalue weighted by atomic mass is 35.5. The maximum absolute atomic E-state index is 14.1. The molecule has 0 aliphatic heterocycles. The van der Waals surface area contributed by atoms with Crippen LogP contribution in [0.15, 0.2) is 71.6 Å². The van der Waals surface area contributed by atoms with Gasteiger partial charge in [0.1, 0.15) is 12.6 Å². The van der Waals surface area contributed by atoms with E-state index in [-0.39, 0.29) is 35.5 Å². The number of carbonyl (C=O) groups excluding carboxylic acids is 2. The zero-order valence-electron chi connectivity index (χ0n) is 23.4. The number of benzene rings is 3. The van der Waals surface area contributed by atoms with Gasteiger partial charge in [-0.15, -0.1) is 0 Å². The molecule has 3 aromatic carbocycles. The third kappa shape index (κ3) is 8.16. The highest BCUT2D eigenvalue weighted by Crippen LogP contribution is 2.29. The minimum atomic E-state index is -4.19. The summed E-state index contributed by atoms with van der Waals surface area (Å²) in [4.78, 5) is 28.9. The van der Waals surface area contributed by atoms with Crippen molar-refractivity contribution >= 4 is 62.3 Å². The predicted molar refractivity (Wildman–Crippen MR) is 166 cm³/mol. The van der Waals surface area contributed by atoms with Crippen molar-refractivity contribution in [1.82, 2.24) is 10.2 Å². The number of nitrogens with one attached hydrogen (secondary N) is 1. The van der Waals surface area contributed by atoms with E-state index in [4.69, 9.17) is 34.8 Å². The van der Waals surface area contributed by atoms with Crippen molar-refractivity contribution in [2.45, 2.75) is 64.1 Å². The fraction of sp³-hybridized carbons (Fsp3) is 0.333. The Hall–Kier alpha value is -2.78. The maximum atomic E-state index is 14.1. The van der Waals surface area contributed by atoms with Crippen LogP contribution in [0.3, 0.4) is 0 Å². The lowest BCUT2D eigenvalue weighted by atomic mass is 10.1. The van der Waals surface area contributed by atoms with Gasteiger partial charge in [-0.2, -0.15) is 0 Å². The molecule has 0 aliphatic carbocycles. The van der Waals surface area contributed by atoms with Crippen LogP contribution in [0, 0.1) is 6.92 Å². The highest BCUT2D eigenvalue weighted by molar-refractivity contribution is 7.92. The Morgan fingerprint density at radius 2 is 1.46 bits per heavy atom. The molecule has 0 saturated heterocycles. The Morgan fingerprint density at radius 1 is 0.878 bits per heavy atom. The van der Waals surface area contributed by atoms with E-state index in [1.165, 1.54) is 29.2 Å². The van der Waals surface area contributed by atoms with E-state index in [0.29, 0.717) is 27.1 Å². The number of amides is 2. The molecule has 0 fully saturated rings. The first-order chi connectivity index (χ1) is 19.4. The van der Waals surface area contributed by atoms with Gasteiger partial charge >= 0.3 is 0 Å². The van der Waals surface area contributed by atoms with E-state index in [0.717, 1.165) is 9.87 Å². The van der Waals surface area contributed by atoms with Gasteiger partial charge in [0.05, 0.1) is 10.6 Å². The number of nitrogens with zero attached hydrogens (tertiary/aromatic N) is 2. The molecule has 2 unspecified atom stereocenters. The van der Waals surface area contributed by atoms with Crippen LogP contribution in [0.1, 0.15) is 44.7 Å². The zero-order chi connectivity index (χ0) is 30.3. The molecular weight excluding hydrogens is 605 g/mol. The van der Waals surface area contributed by atoms with Crippen LogP contribution < -0.4 is 9.62 Å². The summed E-state index contributed by atoms with van der Waals surface area (Å²) >= 11 is 19.0. The molecular formula is C30H34Cl3N3O4S. The number of anilines is 1. The molecule has 3 rings (SSSR count). The Morgan fingerprint density at radius 3 is 2.00 bits per heavy atom. The fourth-order valence-corrected chi connectivity index (χ4v) is 6.25. The van der Waals surface area contributed by atoms with Crippen molar-refractivity contribution < 1.29 is 18.0 Å². The van der Waals surface area contributed by atoms with Gasteiger partial charge in [-0.1, -0.05) is 72.4 Å². The zero-order valence-corrected chi connectivity index (χ0v) is 26.5. The number of hydrogen-bond donors (Lipinski definition) is 1. The first kappa shape index (κ1) is 32.7. The molecule has 0 aliphatic rings. The van der Waals surface area contributed by atoms with Crippen LogP contribution in [0.25, 0.3) is 0 Å². The smallest absolute Gasteiger partial charge is 0.264 e. The van der Waals surface area contributed by atoms with Gasteiger partial charge in [-0.05, 0) is 75.2 Å². The number of rotatable bonds is 12. The number of hydrogen-bond acceptors (Lipinski definition) is 4. The van der Waals surface area contributed by atoms with E-state index >= 15 is 0 Å². The Labute approximate surface area is 257 Å². The van der Waals surface area contributed by atoms with Crippen molar-refractivity contribution in [2.75, 3.05) is 10.8 Å². The molecule has 0 radical (unpaired) electrons. The van der Waals surface area contributed by atoms with Gasteiger partial charge in [-0.25, -0.2) is 8.42 Å². The van der Waals surface area contributed by atoms with Crippen LogP contribution in [0.4, 0.5) is 5.69 Å². The summed E-state index contributed by atoms with van der Waals surface area (Å²) < 4.78 is 28.8. The highest BCUT2D eigenvalue weighted by Gasteiger charge is 2.34. The van der Waals surface area contributed by atoms with Crippen molar-refractivity contribution in [3.8, 4) is 0 Å². The normalized spacial score (nSPS) is 12.9. The van der Waals surface area contributed by atoms with Crippen molar-refractivity contribution in [3.05, 3.63) is 92.9 Å². The molecule has 0 heterocycles. The molecule has 11 heteroatoms. The van der Waals surface area contributed by atoms with Crippen LogP contribution in [-0.4, -0.2) is 43.8 Å². The Balaban J connectivity index is 2.09. The summed E-state index contributed by atoms with van der Waals surface area (Å²) in [5.74, 6) is -0.949. The summed E-state index contributed by atoms with van der Waals surface area (Å²) in [6, 6.07) is 16.5. The van der Waals surface area contributed by atoms with E-state index in [1.54, 1.807) is 49.4 Å². The molecule has 7 nitrogen and oxygen atoms in total. The van der Waals surface area contributed by atoms with Gasteiger partial charge < -0.3 is 10.2 Å². The Bertz CT molecular complexity index is 1450. The SMILES string of the molecule is CCC(C)NC(=O)C(CC)N(Cc1c(Cl)cccc1Cl)C(=O)CN(c1ccc(Cl)cc1)S(=O)(=O)c1ccc(C)cc1. The van der Waals surface area contributed by atoms with Crippen LogP contribution in [0.2, 0.25) is 15.1 Å². The standard InChI is InChI=1S/C30H34Cl3N3O4S/c1-5-21(4)34-30(38)28(6-2)35(18-25-26(32)8-7-9-27(25)33)29(37)19-36(23-14-12-22(31)13-15-23)41(39,40)24-16-10-20(3)11-17-24/h7-17,21,28H,5-6,18-19H2,1-4H3,(H,34,38). The summed E-state index contributed by atoms with van der Waals surface area (Å²) in [5, 5.41) is 4.01. The van der Waals surface area contributed by atoms with Crippen LogP contribution in [-0.2, 0) is 26.2 Å². The van der Waals surface area contributed by atoms with Gasteiger partial charge in [0.2, 0.25) is 11.8 Å². The molecule has 2 amide bonds. The summed E-state index contributed by atoms with van der Waals surface area (Å²) in [6.45, 7) is 6.78. The molecule has 0 saturated carbocycles. The van der Waals surface area contributed by atoms with E-state index in [1.807, 2.05) is 20.8 Å². The quantitative estimate of drug-likeness (QED) is 0.235. The van der Waals surface area contributed by atoms with Gasteiger partial charge in [0.25, 0.3) is 10.0 Å². The number of halogens is 3. The van der Waals surface area contributed by atoms with Crippen molar-refractivity contribution in [1.29, 1.82) is 0 Å². The largest absolute Gasteiger partial charge is 0.352 e. The van der Waals surface area contributed by atoms with Crippen LogP contribution >= 0.6 is 34.8 Å². The fourth-order valence-electron chi connectivity index (χ4n) is 4.19. The molecule has 3 aromatic rings. The molecule has 220 valence electrons. The lowest BCUT2D eigenvalue weighted by Gasteiger charge is -2.34. The summed E-state index contributed by atoms with van der Waals surface area (Å²) in [6.07, 6.45) is 0.980. The summed E-state index contributed by atoms with van der Waals surface area (Å²) in [7, 11) is -4.19. The van der Waals surface area contributed by atoms with E-state index < -0.39 is 28.5 Å².